The lowest BCUT2D eigenvalue weighted by atomic mass is 10.2. The SMILES string of the molecule is CCCCCNc1ccc(NS(=O)(=O)c2c(C)n[nH]c2C)nn1. The molecule has 23 heavy (non-hydrogen) atoms. The number of anilines is 2. The Morgan fingerprint density at radius 1 is 1.13 bits per heavy atom. The highest BCUT2D eigenvalue weighted by atomic mass is 32.2. The van der Waals surface area contributed by atoms with Gasteiger partial charge >= 0.3 is 0 Å². The van der Waals surface area contributed by atoms with Crippen molar-refractivity contribution in [3.63, 3.8) is 0 Å². The number of hydrogen-bond donors (Lipinski definition) is 3. The Hall–Kier alpha value is -2.16. The number of aromatic nitrogens is 4. The van der Waals surface area contributed by atoms with Gasteiger partial charge in [-0.25, -0.2) is 8.42 Å². The van der Waals surface area contributed by atoms with E-state index in [2.05, 4.69) is 37.4 Å². The van der Waals surface area contributed by atoms with E-state index in [9.17, 15) is 8.42 Å². The van der Waals surface area contributed by atoms with Crippen LogP contribution in [-0.4, -0.2) is 35.4 Å². The predicted octanol–water partition coefficient (Wildman–Crippen LogP) is 2.22. The van der Waals surface area contributed by atoms with E-state index >= 15 is 0 Å². The minimum absolute atomic E-state index is 0.140. The first kappa shape index (κ1) is 17.2. The van der Waals surface area contributed by atoms with Gasteiger partial charge in [0.25, 0.3) is 10.0 Å². The van der Waals surface area contributed by atoms with Crippen molar-refractivity contribution in [3.8, 4) is 0 Å². The minimum Gasteiger partial charge on any atom is -0.369 e. The zero-order valence-corrected chi connectivity index (χ0v) is 14.4. The number of H-pyrrole nitrogens is 1. The number of nitrogens with zero attached hydrogens (tertiary/aromatic N) is 3. The van der Waals surface area contributed by atoms with Gasteiger partial charge in [0, 0.05) is 6.54 Å². The average molecular weight is 338 g/mol. The highest BCUT2D eigenvalue weighted by molar-refractivity contribution is 7.92. The van der Waals surface area contributed by atoms with Crippen molar-refractivity contribution in [2.24, 2.45) is 0 Å². The van der Waals surface area contributed by atoms with Gasteiger partial charge in [-0.1, -0.05) is 19.8 Å². The van der Waals surface area contributed by atoms with Crippen molar-refractivity contribution in [1.29, 1.82) is 0 Å². The highest BCUT2D eigenvalue weighted by Crippen LogP contribution is 2.19. The molecule has 0 saturated heterocycles. The van der Waals surface area contributed by atoms with Crippen LogP contribution in [0, 0.1) is 13.8 Å². The summed E-state index contributed by atoms with van der Waals surface area (Å²) in [5.74, 6) is 0.795. The van der Waals surface area contributed by atoms with Crippen LogP contribution in [0.3, 0.4) is 0 Å². The number of rotatable bonds is 8. The zero-order valence-electron chi connectivity index (χ0n) is 13.5. The Morgan fingerprint density at radius 2 is 1.83 bits per heavy atom. The van der Waals surface area contributed by atoms with Crippen LogP contribution in [-0.2, 0) is 10.0 Å². The van der Waals surface area contributed by atoms with E-state index in [1.54, 1.807) is 26.0 Å². The summed E-state index contributed by atoms with van der Waals surface area (Å²) < 4.78 is 27.2. The molecule has 2 aromatic rings. The van der Waals surface area contributed by atoms with E-state index in [0.29, 0.717) is 17.2 Å². The van der Waals surface area contributed by atoms with Crippen LogP contribution < -0.4 is 10.0 Å². The minimum atomic E-state index is -3.74. The van der Waals surface area contributed by atoms with Crippen molar-refractivity contribution < 1.29 is 8.42 Å². The molecule has 0 bridgehead atoms. The van der Waals surface area contributed by atoms with Crippen LogP contribution >= 0.6 is 0 Å². The first-order chi connectivity index (χ1) is 10.9. The molecule has 8 nitrogen and oxygen atoms in total. The third-order valence-electron chi connectivity index (χ3n) is 3.32. The van der Waals surface area contributed by atoms with Gasteiger partial charge in [-0.05, 0) is 32.4 Å². The van der Waals surface area contributed by atoms with Crippen molar-refractivity contribution in [2.75, 3.05) is 16.6 Å². The molecule has 126 valence electrons. The first-order valence-corrected chi connectivity index (χ1v) is 9.04. The van der Waals surface area contributed by atoms with E-state index in [1.165, 1.54) is 0 Å². The molecule has 0 aliphatic heterocycles. The van der Waals surface area contributed by atoms with Crippen LogP contribution in [0.15, 0.2) is 17.0 Å². The van der Waals surface area contributed by atoms with Gasteiger partial charge in [0.1, 0.15) is 10.7 Å². The standard InChI is InChI=1S/C14H22N6O2S/c1-4-5-6-9-15-12-7-8-13(19-18-12)20-23(21,22)14-10(2)16-17-11(14)3/h7-8H,4-6,9H2,1-3H3,(H,15,18)(H,16,17)(H,19,20). The van der Waals surface area contributed by atoms with Crippen LogP contribution in [0.4, 0.5) is 11.6 Å². The second kappa shape index (κ2) is 7.40. The van der Waals surface area contributed by atoms with Crippen molar-refractivity contribution in [3.05, 3.63) is 23.5 Å². The topological polar surface area (TPSA) is 113 Å². The van der Waals surface area contributed by atoms with E-state index in [1.807, 2.05) is 0 Å². The van der Waals surface area contributed by atoms with Crippen LogP contribution in [0.5, 0.6) is 0 Å². The second-order valence-electron chi connectivity index (χ2n) is 5.31. The third kappa shape index (κ3) is 4.41. The number of unbranched alkanes of at least 4 members (excludes halogenated alkanes) is 2. The van der Waals surface area contributed by atoms with Gasteiger partial charge in [-0.3, -0.25) is 9.82 Å². The molecule has 0 unspecified atom stereocenters. The Labute approximate surface area is 136 Å². The maximum atomic E-state index is 12.4. The quantitative estimate of drug-likeness (QED) is 0.636. The van der Waals surface area contributed by atoms with E-state index < -0.39 is 10.0 Å². The fraction of sp³-hybridized carbons (Fsp3) is 0.500. The van der Waals surface area contributed by atoms with Gasteiger partial charge in [0.2, 0.25) is 0 Å². The summed E-state index contributed by atoms with van der Waals surface area (Å²) in [6.45, 7) is 6.25. The molecular weight excluding hydrogens is 316 g/mol. The monoisotopic (exact) mass is 338 g/mol. The summed E-state index contributed by atoms with van der Waals surface area (Å²) in [5.41, 5.74) is 0.898. The second-order valence-corrected chi connectivity index (χ2v) is 6.93. The number of aromatic amines is 1. The van der Waals surface area contributed by atoms with Crippen molar-refractivity contribution in [1.82, 2.24) is 20.4 Å². The lowest BCUT2D eigenvalue weighted by Gasteiger charge is -2.08. The number of nitrogens with one attached hydrogen (secondary N) is 3. The van der Waals surface area contributed by atoms with E-state index in [0.717, 1.165) is 25.8 Å². The molecule has 3 N–H and O–H groups in total. The number of aryl methyl sites for hydroxylation is 2. The van der Waals surface area contributed by atoms with Gasteiger partial charge in [-0.15, -0.1) is 10.2 Å². The molecular formula is C14H22N6O2S. The molecule has 0 amide bonds. The summed E-state index contributed by atoms with van der Waals surface area (Å²) in [7, 11) is -3.74. The molecule has 0 aromatic carbocycles. The Bertz CT molecular complexity index is 720. The molecule has 9 heteroatoms. The van der Waals surface area contributed by atoms with Crippen molar-refractivity contribution in [2.45, 2.75) is 44.9 Å². The normalized spacial score (nSPS) is 11.4. The summed E-state index contributed by atoms with van der Waals surface area (Å²) in [5, 5.41) is 17.6. The molecule has 2 aromatic heterocycles. The van der Waals surface area contributed by atoms with Crippen LogP contribution in [0.2, 0.25) is 0 Å². The van der Waals surface area contributed by atoms with E-state index in [-0.39, 0.29) is 10.7 Å². The van der Waals surface area contributed by atoms with Crippen LogP contribution in [0.1, 0.15) is 37.6 Å². The molecule has 0 aliphatic carbocycles. The molecule has 0 fully saturated rings. The summed E-state index contributed by atoms with van der Waals surface area (Å²) in [6.07, 6.45) is 3.37. The largest absolute Gasteiger partial charge is 0.369 e. The molecule has 0 spiro atoms. The Morgan fingerprint density at radius 3 is 2.39 bits per heavy atom. The first-order valence-electron chi connectivity index (χ1n) is 7.56. The van der Waals surface area contributed by atoms with Gasteiger partial charge < -0.3 is 5.32 Å². The molecule has 2 heterocycles. The number of sulfonamides is 1. The highest BCUT2D eigenvalue weighted by Gasteiger charge is 2.22. The smallest absolute Gasteiger partial charge is 0.266 e. The predicted molar refractivity (Wildman–Crippen MR) is 88.9 cm³/mol. The number of hydrogen-bond acceptors (Lipinski definition) is 6. The molecule has 0 atom stereocenters. The fourth-order valence-corrected chi connectivity index (χ4v) is 3.57. The maximum Gasteiger partial charge on any atom is 0.266 e. The van der Waals surface area contributed by atoms with Gasteiger partial charge in [0.05, 0.1) is 11.4 Å². The average Bonchev–Trinajstić information content (AvgIpc) is 2.85. The van der Waals surface area contributed by atoms with E-state index in [4.69, 9.17) is 0 Å². The molecule has 0 radical (unpaired) electrons. The van der Waals surface area contributed by atoms with Crippen LogP contribution in [0.25, 0.3) is 0 Å². The Balaban J connectivity index is 2.03. The van der Waals surface area contributed by atoms with Crippen molar-refractivity contribution >= 4 is 21.7 Å². The van der Waals surface area contributed by atoms with Gasteiger partial charge in [-0.2, -0.15) is 5.10 Å². The van der Waals surface area contributed by atoms with Gasteiger partial charge in [0.15, 0.2) is 5.82 Å². The summed E-state index contributed by atoms with van der Waals surface area (Å²) in [4.78, 5) is 0.140. The lowest BCUT2D eigenvalue weighted by Crippen LogP contribution is -2.16. The molecule has 2 rings (SSSR count). The Kier molecular flexibility index (Phi) is 5.54. The fourth-order valence-electron chi connectivity index (χ4n) is 2.20. The molecule has 0 aliphatic rings. The third-order valence-corrected chi connectivity index (χ3v) is 4.94. The summed E-state index contributed by atoms with van der Waals surface area (Å²) >= 11 is 0. The molecule has 0 saturated carbocycles. The maximum absolute atomic E-state index is 12.4. The lowest BCUT2D eigenvalue weighted by molar-refractivity contribution is 0.600. The zero-order chi connectivity index (χ0) is 16.9. The summed E-state index contributed by atoms with van der Waals surface area (Å²) in [6, 6.07) is 3.28.